The monoisotopic (exact) mass is 473 g/mol. The molecule has 0 atom stereocenters. The summed E-state index contributed by atoms with van der Waals surface area (Å²) >= 11 is 0.855. The normalized spacial score (nSPS) is 14.6. The first-order valence-electron chi connectivity index (χ1n) is 10.6. The van der Waals surface area contributed by atoms with Gasteiger partial charge in [-0.05, 0) is 55.4 Å². The fraction of sp³-hybridized carbons (Fsp3) is 0.148. The minimum atomic E-state index is -0.549. The fourth-order valence-corrected chi connectivity index (χ4v) is 4.24. The number of methoxy groups -OCH3 is 1. The molecule has 1 saturated heterocycles. The summed E-state index contributed by atoms with van der Waals surface area (Å²) in [6.45, 7) is 4.10. The Kier molecular flexibility index (Phi) is 6.84. The Hall–Kier alpha value is -3.84. The van der Waals surface area contributed by atoms with E-state index in [4.69, 9.17) is 9.47 Å². The summed E-state index contributed by atoms with van der Waals surface area (Å²) in [6, 6.07) is 19.8. The molecule has 3 aromatic carbocycles. The lowest BCUT2D eigenvalue weighted by atomic mass is 10.1. The number of hydrogen-bond donors (Lipinski definition) is 0. The van der Waals surface area contributed by atoms with E-state index in [1.165, 1.54) is 12.0 Å². The number of carbonyl (C=O) groups excluding carboxylic acids is 3. The smallest absolute Gasteiger partial charge is 0.343 e. The van der Waals surface area contributed by atoms with E-state index >= 15 is 0 Å². The maximum atomic E-state index is 13.0. The van der Waals surface area contributed by atoms with E-state index in [0.717, 1.165) is 28.5 Å². The molecule has 3 aromatic rings. The van der Waals surface area contributed by atoms with Gasteiger partial charge in [0.05, 0.1) is 24.1 Å². The number of aryl methyl sites for hydroxylation is 2. The lowest BCUT2D eigenvalue weighted by Gasteiger charge is -2.13. The molecule has 2 amide bonds. The van der Waals surface area contributed by atoms with Crippen LogP contribution in [0.5, 0.6) is 11.5 Å². The number of esters is 1. The van der Waals surface area contributed by atoms with Gasteiger partial charge in [0.1, 0.15) is 0 Å². The third kappa shape index (κ3) is 5.05. The number of benzene rings is 3. The largest absolute Gasteiger partial charge is 0.493 e. The molecule has 7 heteroatoms. The standard InChI is InChI=1S/C27H23NO5S/c1-17-7-11-19(12-8-17)16-28-25(29)23(34-27(28)31)15-21-5-4-6-22(32-3)24(21)33-26(30)20-13-9-18(2)10-14-20/h4-15H,16H2,1-3H3/b23-15-. The molecule has 1 aliphatic rings. The number of ether oxygens (including phenoxy) is 2. The number of hydrogen-bond acceptors (Lipinski definition) is 6. The number of para-hydroxylation sites is 1. The summed E-state index contributed by atoms with van der Waals surface area (Å²) in [4.78, 5) is 39.8. The van der Waals surface area contributed by atoms with Crippen LogP contribution in [0.2, 0.25) is 0 Å². The van der Waals surface area contributed by atoms with Gasteiger partial charge in [0.15, 0.2) is 11.5 Å². The highest BCUT2D eigenvalue weighted by Crippen LogP contribution is 2.38. The zero-order valence-electron chi connectivity index (χ0n) is 19.0. The van der Waals surface area contributed by atoms with Crippen LogP contribution in [0, 0.1) is 13.8 Å². The van der Waals surface area contributed by atoms with Crippen molar-refractivity contribution in [2.45, 2.75) is 20.4 Å². The van der Waals surface area contributed by atoms with Crippen molar-refractivity contribution in [1.82, 2.24) is 4.90 Å². The molecule has 0 aliphatic carbocycles. The molecule has 0 radical (unpaired) electrons. The molecule has 0 N–H and O–H groups in total. The van der Waals surface area contributed by atoms with Crippen LogP contribution < -0.4 is 9.47 Å². The van der Waals surface area contributed by atoms with Gasteiger partial charge in [0, 0.05) is 5.56 Å². The molecule has 1 heterocycles. The lowest BCUT2D eigenvalue weighted by molar-refractivity contribution is -0.123. The van der Waals surface area contributed by atoms with E-state index in [1.54, 1.807) is 36.4 Å². The number of thioether (sulfide) groups is 1. The van der Waals surface area contributed by atoms with Crippen molar-refractivity contribution in [3.05, 3.63) is 99.5 Å². The van der Waals surface area contributed by atoms with Crippen LogP contribution in [-0.2, 0) is 11.3 Å². The van der Waals surface area contributed by atoms with Gasteiger partial charge in [0.25, 0.3) is 11.1 Å². The molecule has 0 unspecified atom stereocenters. The summed E-state index contributed by atoms with van der Waals surface area (Å²) in [7, 11) is 1.47. The zero-order valence-corrected chi connectivity index (χ0v) is 19.8. The van der Waals surface area contributed by atoms with Crippen LogP contribution in [0.15, 0.2) is 71.6 Å². The maximum Gasteiger partial charge on any atom is 0.343 e. The van der Waals surface area contributed by atoms with Crippen LogP contribution in [0.1, 0.15) is 32.6 Å². The Bertz CT molecular complexity index is 1280. The highest BCUT2D eigenvalue weighted by molar-refractivity contribution is 8.18. The topological polar surface area (TPSA) is 72.9 Å². The number of imide groups is 1. The molecule has 0 saturated carbocycles. The van der Waals surface area contributed by atoms with Gasteiger partial charge in [0.2, 0.25) is 0 Å². The van der Waals surface area contributed by atoms with Crippen molar-refractivity contribution in [3.63, 3.8) is 0 Å². The summed E-state index contributed by atoms with van der Waals surface area (Å²) in [5.41, 5.74) is 3.84. The highest BCUT2D eigenvalue weighted by Gasteiger charge is 2.35. The predicted molar refractivity (Wildman–Crippen MR) is 132 cm³/mol. The summed E-state index contributed by atoms with van der Waals surface area (Å²) < 4.78 is 11.1. The zero-order chi connectivity index (χ0) is 24.2. The molecular formula is C27H23NO5S. The van der Waals surface area contributed by atoms with Crippen molar-refractivity contribution in [1.29, 1.82) is 0 Å². The molecule has 0 bridgehead atoms. The minimum absolute atomic E-state index is 0.181. The Morgan fingerprint density at radius 2 is 1.59 bits per heavy atom. The Morgan fingerprint density at radius 1 is 0.941 bits per heavy atom. The average molecular weight is 474 g/mol. The van der Waals surface area contributed by atoms with Crippen molar-refractivity contribution >= 4 is 35.0 Å². The molecule has 4 rings (SSSR count). The average Bonchev–Trinajstić information content (AvgIpc) is 3.09. The van der Waals surface area contributed by atoms with Gasteiger partial charge in [-0.15, -0.1) is 0 Å². The van der Waals surface area contributed by atoms with E-state index in [0.29, 0.717) is 16.9 Å². The van der Waals surface area contributed by atoms with Gasteiger partial charge in [-0.25, -0.2) is 4.79 Å². The SMILES string of the molecule is COc1cccc(/C=C2\SC(=O)N(Cc3ccc(C)cc3)C2=O)c1OC(=O)c1ccc(C)cc1. The maximum absolute atomic E-state index is 13.0. The Balaban J connectivity index is 1.61. The molecule has 0 spiro atoms. The van der Waals surface area contributed by atoms with Gasteiger partial charge < -0.3 is 9.47 Å². The third-order valence-corrected chi connectivity index (χ3v) is 6.24. The summed E-state index contributed by atoms with van der Waals surface area (Å²) in [5, 5.41) is -0.349. The van der Waals surface area contributed by atoms with Crippen LogP contribution >= 0.6 is 11.8 Å². The van der Waals surface area contributed by atoms with Crippen molar-refractivity contribution in [2.75, 3.05) is 7.11 Å². The summed E-state index contributed by atoms with van der Waals surface area (Å²) in [5.74, 6) is -0.421. The number of nitrogens with zero attached hydrogens (tertiary/aromatic N) is 1. The van der Waals surface area contributed by atoms with E-state index in [9.17, 15) is 14.4 Å². The van der Waals surface area contributed by atoms with Gasteiger partial charge in [-0.3, -0.25) is 14.5 Å². The quantitative estimate of drug-likeness (QED) is 0.257. The molecule has 1 aliphatic heterocycles. The molecule has 0 aromatic heterocycles. The van der Waals surface area contributed by atoms with Crippen molar-refractivity contribution in [2.24, 2.45) is 0 Å². The van der Waals surface area contributed by atoms with Crippen LogP contribution in [0.4, 0.5) is 4.79 Å². The first kappa shape index (κ1) is 23.3. The van der Waals surface area contributed by atoms with E-state index in [-0.39, 0.29) is 22.4 Å². The van der Waals surface area contributed by atoms with E-state index in [2.05, 4.69) is 0 Å². The Morgan fingerprint density at radius 3 is 2.24 bits per heavy atom. The van der Waals surface area contributed by atoms with Gasteiger partial charge in [-0.2, -0.15) is 0 Å². The second-order valence-electron chi connectivity index (χ2n) is 7.89. The molecule has 172 valence electrons. The number of carbonyl (C=O) groups is 3. The number of amides is 2. The van der Waals surface area contributed by atoms with Gasteiger partial charge >= 0.3 is 5.97 Å². The first-order valence-corrected chi connectivity index (χ1v) is 11.4. The molecule has 34 heavy (non-hydrogen) atoms. The second kappa shape index (κ2) is 9.97. The van der Waals surface area contributed by atoms with E-state index in [1.807, 2.05) is 50.2 Å². The minimum Gasteiger partial charge on any atom is -0.493 e. The predicted octanol–water partition coefficient (Wildman–Crippen LogP) is 5.77. The second-order valence-corrected chi connectivity index (χ2v) is 8.88. The Labute approximate surface area is 202 Å². The highest BCUT2D eigenvalue weighted by atomic mass is 32.2. The third-order valence-electron chi connectivity index (χ3n) is 5.33. The van der Waals surface area contributed by atoms with Crippen LogP contribution in [0.3, 0.4) is 0 Å². The molecule has 6 nitrogen and oxygen atoms in total. The van der Waals surface area contributed by atoms with Crippen molar-refractivity contribution in [3.8, 4) is 11.5 Å². The van der Waals surface area contributed by atoms with Gasteiger partial charge in [-0.1, -0.05) is 59.7 Å². The molecular weight excluding hydrogens is 450 g/mol. The fourth-order valence-electron chi connectivity index (χ4n) is 3.41. The number of rotatable bonds is 6. The summed E-state index contributed by atoms with van der Waals surface area (Å²) in [6.07, 6.45) is 1.56. The van der Waals surface area contributed by atoms with Crippen LogP contribution in [-0.4, -0.2) is 29.1 Å². The van der Waals surface area contributed by atoms with Crippen LogP contribution in [0.25, 0.3) is 6.08 Å². The van der Waals surface area contributed by atoms with Crippen molar-refractivity contribution < 1.29 is 23.9 Å². The first-order chi connectivity index (χ1) is 16.4. The lowest BCUT2D eigenvalue weighted by Crippen LogP contribution is -2.27. The van der Waals surface area contributed by atoms with E-state index < -0.39 is 11.9 Å². The molecule has 1 fully saturated rings.